The van der Waals surface area contributed by atoms with Crippen molar-refractivity contribution >= 4 is 40.0 Å². The molecule has 1 aliphatic heterocycles. The summed E-state index contributed by atoms with van der Waals surface area (Å²) in [6, 6.07) is 14.8. The molecule has 132 valence electrons. The number of halogens is 2. The number of morpholine rings is 1. The van der Waals surface area contributed by atoms with Crippen molar-refractivity contribution in [1.29, 1.82) is 0 Å². The lowest BCUT2D eigenvalue weighted by molar-refractivity contribution is -0.0228. The molecule has 6 heteroatoms. The average molecular weight is 387 g/mol. The summed E-state index contributed by atoms with van der Waals surface area (Å²) in [5, 5.41) is 1.94. The standard InChI is InChI=1S/C20H16Cl2N2O2/c21-16-5-3-14(11-17(16)22)19-12-24(8-9-26-19)20(25)15-4-6-18-13(10-15)2-1-7-23-18/h1-7,10-11,19H,8-9,12H2. The van der Waals surface area contributed by atoms with E-state index in [1.807, 2.05) is 41.3 Å². The van der Waals surface area contributed by atoms with E-state index in [4.69, 9.17) is 27.9 Å². The lowest BCUT2D eigenvalue weighted by atomic mass is 10.1. The first-order chi connectivity index (χ1) is 12.6. The Morgan fingerprint density at radius 3 is 2.85 bits per heavy atom. The highest BCUT2D eigenvalue weighted by atomic mass is 35.5. The fraction of sp³-hybridized carbons (Fsp3) is 0.200. The van der Waals surface area contributed by atoms with Gasteiger partial charge >= 0.3 is 0 Å². The summed E-state index contributed by atoms with van der Waals surface area (Å²) in [6.45, 7) is 1.51. The number of pyridine rings is 1. The Kier molecular flexibility index (Phi) is 4.81. The molecule has 4 nitrogen and oxygen atoms in total. The Hall–Kier alpha value is -2.14. The SMILES string of the molecule is O=C(c1ccc2ncccc2c1)N1CCOC(c2ccc(Cl)c(Cl)c2)C1. The van der Waals surface area contributed by atoms with Crippen molar-refractivity contribution in [2.75, 3.05) is 19.7 Å². The molecule has 1 aliphatic rings. The second kappa shape index (κ2) is 7.23. The topological polar surface area (TPSA) is 42.4 Å². The summed E-state index contributed by atoms with van der Waals surface area (Å²) in [4.78, 5) is 19.1. The normalized spacial score (nSPS) is 17.5. The van der Waals surface area contributed by atoms with Gasteiger partial charge in [0.25, 0.3) is 5.91 Å². The second-order valence-corrected chi connectivity index (χ2v) is 7.01. The summed E-state index contributed by atoms with van der Waals surface area (Å²) in [7, 11) is 0. The molecule has 3 aromatic rings. The van der Waals surface area contributed by atoms with Gasteiger partial charge in [0, 0.05) is 23.7 Å². The van der Waals surface area contributed by atoms with Crippen LogP contribution in [0.2, 0.25) is 10.0 Å². The van der Waals surface area contributed by atoms with Crippen LogP contribution in [0.3, 0.4) is 0 Å². The zero-order chi connectivity index (χ0) is 18.1. The minimum absolute atomic E-state index is 0.0101. The van der Waals surface area contributed by atoms with Crippen LogP contribution in [-0.2, 0) is 4.74 Å². The van der Waals surface area contributed by atoms with Gasteiger partial charge in [-0.2, -0.15) is 0 Å². The van der Waals surface area contributed by atoms with Crippen LogP contribution in [0.5, 0.6) is 0 Å². The Bertz CT molecular complexity index is 977. The zero-order valence-electron chi connectivity index (χ0n) is 13.9. The van der Waals surface area contributed by atoms with Gasteiger partial charge in [-0.3, -0.25) is 9.78 Å². The molecule has 0 bridgehead atoms. The van der Waals surface area contributed by atoms with Crippen molar-refractivity contribution in [2.24, 2.45) is 0 Å². The molecule has 2 heterocycles. The van der Waals surface area contributed by atoms with Gasteiger partial charge in [0.1, 0.15) is 6.10 Å². The fourth-order valence-corrected chi connectivity index (χ4v) is 3.45. The molecule has 26 heavy (non-hydrogen) atoms. The van der Waals surface area contributed by atoms with Gasteiger partial charge in [0.05, 0.1) is 28.7 Å². The quantitative estimate of drug-likeness (QED) is 0.637. The molecule has 0 aliphatic carbocycles. The Morgan fingerprint density at radius 2 is 2.00 bits per heavy atom. The van der Waals surface area contributed by atoms with Gasteiger partial charge < -0.3 is 9.64 Å². The van der Waals surface area contributed by atoms with Crippen molar-refractivity contribution in [1.82, 2.24) is 9.88 Å². The molecule has 1 saturated heterocycles. The maximum atomic E-state index is 12.9. The summed E-state index contributed by atoms with van der Waals surface area (Å²) in [6.07, 6.45) is 1.53. The number of nitrogens with zero attached hydrogens (tertiary/aromatic N) is 2. The Morgan fingerprint density at radius 1 is 1.12 bits per heavy atom. The summed E-state index contributed by atoms with van der Waals surface area (Å²) in [5.41, 5.74) is 2.44. The molecule has 0 spiro atoms. The highest BCUT2D eigenvalue weighted by molar-refractivity contribution is 6.42. The molecular formula is C20H16Cl2N2O2. The molecule has 2 aromatic carbocycles. The predicted molar refractivity (Wildman–Crippen MR) is 103 cm³/mol. The molecule has 4 rings (SSSR count). The number of aromatic nitrogens is 1. The molecule has 1 amide bonds. The van der Waals surface area contributed by atoms with Crippen LogP contribution < -0.4 is 0 Å². The van der Waals surface area contributed by atoms with Crippen LogP contribution in [0.4, 0.5) is 0 Å². The molecular weight excluding hydrogens is 371 g/mol. The van der Waals surface area contributed by atoms with Crippen molar-refractivity contribution < 1.29 is 9.53 Å². The van der Waals surface area contributed by atoms with Crippen LogP contribution in [0.1, 0.15) is 22.0 Å². The van der Waals surface area contributed by atoms with Crippen LogP contribution in [0, 0.1) is 0 Å². The molecule has 0 N–H and O–H groups in total. The minimum atomic E-state index is -0.218. The first kappa shape index (κ1) is 17.3. The fourth-order valence-electron chi connectivity index (χ4n) is 3.14. The third-order valence-electron chi connectivity index (χ3n) is 4.52. The largest absolute Gasteiger partial charge is 0.370 e. The van der Waals surface area contributed by atoms with E-state index in [-0.39, 0.29) is 12.0 Å². The molecule has 0 radical (unpaired) electrons. The van der Waals surface area contributed by atoms with Gasteiger partial charge in [0.2, 0.25) is 0 Å². The maximum absolute atomic E-state index is 12.9. The monoisotopic (exact) mass is 386 g/mol. The maximum Gasteiger partial charge on any atom is 0.254 e. The molecule has 1 fully saturated rings. The number of carbonyl (C=O) groups excluding carboxylic acids is 1. The molecule has 1 aromatic heterocycles. The van der Waals surface area contributed by atoms with Crippen molar-refractivity contribution in [3.63, 3.8) is 0 Å². The van der Waals surface area contributed by atoms with E-state index in [9.17, 15) is 4.79 Å². The predicted octanol–water partition coefficient (Wildman–Crippen LogP) is 4.76. The van der Waals surface area contributed by atoms with Crippen LogP contribution in [0.25, 0.3) is 10.9 Å². The van der Waals surface area contributed by atoms with E-state index in [2.05, 4.69) is 4.98 Å². The number of benzene rings is 2. The molecule has 1 unspecified atom stereocenters. The van der Waals surface area contributed by atoms with Crippen LogP contribution in [-0.4, -0.2) is 35.5 Å². The molecule has 1 atom stereocenters. The average Bonchev–Trinajstić information content (AvgIpc) is 2.69. The smallest absolute Gasteiger partial charge is 0.254 e. The number of hydrogen-bond acceptors (Lipinski definition) is 3. The zero-order valence-corrected chi connectivity index (χ0v) is 15.4. The van der Waals surface area contributed by atoms with Gasteiger partial charge in [-0.15, -0.1) is 0 Å². The van der Waals surface area contributed by atoms with Crippen LogP contribution in [0.15, 0.2) is 54.7 Å². The molecule has 0 saturated carbocycles. The Labute approximate surface area is 161 Å². The third-order valence-corrected chi connectivity index (χ3v) is 5.26. The van der Waals surface area contributed by atoms with Gasteiger partial charge in [-0.05, 0) is 42.0 Å². The van der Waals surface area contributed by atoms with E-state index in [0.29, 0.717) is 35.3 Å². The number of rotatable bonds is 2. The van der Waals surface area contributed by atoms with Gasteiger partial charge in [-0.25, -0.2) is 0 Å². The number of ether oxygens (including phenoxy) is 1. The number of hydrogen-bond donors (Lipinski definition) is 0. The first-order valence-corrected chi connectivity index (χ1v) is 9.08. The highest BCUT2D eigenvalue weighted by Gasteiger charge is 2.26. The van der Waals surface area contributed by atoms with E-state index >= 15 is 0 Å². The second-order valence-electron chi connectivity index (χ2n) is 6.20. The lowest BCUT2D eigenvalue weighted by Gasteiger charge is -2.33. The minimum Gasteiger partial charge on any atom is -0.370 e. The summed E-state index contributed by atoms with van der Waals surface area (Å²) in [5.74, 6) is -0.0101. The number of carbonyl (C=O) groups is 1. The van der Waals surface area contributed by atoms with Crippen molar-refractivity contribution in [3.8, 4) is 0 Å². The van der Waals surface area contributed by atoms with E-state index in [1.54, 1.807) is 18.3 Å². The van der Waals surface area contributed by atoms with Gasteiger partial charge in [-0.1, -0.05) is 35.3 Å². The number of amides is 1. The first-order valence-electron chi connectivity index (χ1n) is 8.32. The van der Waals surface area contributed by atoms with Crippen LogP contribution >= 0.6 is 23.2 Å². The van der Waals surface area contributed by atoms with E-state index in [0.717, 1.165) is 16.5 Å². The van der Waals surface area contributed by atoms with E-state index in [1.165, 1.54) is 0 Å². The number of fused-ring (bicyclic) bond motifs is 1. The van der Waals surface area contributed by atoms with E-state index < -0.39 is 0 Å². The Balaban J connectivity index is 1.56. The third kappa shape index (κ3) is 3.40. The highest BCUT2D eigenvalue weighted by Crippen LogP contribution is 2.29. The van der Waals surface area contributed by atoms with Crippen molar-refractivity contribution in [3.05, 3.63) is 75.9 Å². The summed E-state index contributed by atoms with van der Waals surface area (Å²) < 4.78 is 5.84. The van der Waals surface area contributed by atoms with Crippen molar-refractivity contribution in [2.45, 2.75) is 6.10 Å². The van der Waals surface area contributed by atoms with Gasteiger partial charge in [0.15, 0.2) is 0 Å². The summed E-state index contributed by atoms with van der Waals surface area (Å²) >= 11 is 12.1. The lowest BCUT2D eigenvalue weighted by Crippen LogP contribution is -2.42.